The van der Waals surface area contributed by atoms with Gasteiger partial charge in [0.15, 0.2) is 0 Å². The maximum absolute atomic E-state index is 11.1. The maximum atomic E-state index is 11.1. The first-order chi connectivity index (χ1) is 8.24. The van der Waals surface area contributed by atoms with Gasteiger partial charge in [0, 0.05) is 36.0 Å². The number of H-pyrrole nitrogens is 1. The summed E-state index contributed by atoms with van der Waals surface area (Å²) in [4.78, 5) is 14.5. The fourth-order valence-electron chi connectivity index (χ4n) is 2.79. The van der Waals surface area contributed by atoms with Crippen LogP contribution in [0, 0.1) is 0 Å². The topological polar surface area (TPSA) is 44.9 Å². The van der Waals surface area contributed by atoms with Gasteiger partial charge in [-0.1, -0.05) is 18.2 Å². The molecule has 1 atom stereocenters. The molecular weight excluding hydrogens is 212 g/mol. The molecule has 0 saturated heterocycles. The Hall–Kier alpha value is -1.77. The molecule has 3 nitrogen and oxygen atoms in total. The molecule has 0 radical (unpaired) electrons. The van der Waals surface area contributed by atoms with E-state index in [0.29, 0.717) is 0 Å². The zero-order valence-corrected chi connectivity index (χ0v) is 9.92. The van der Waals surface area contributed by atoms with Gasteiger partial charge in [-0.05, 0) is 24.5 Å². The predicted octanol–water partition coefficient (Wildman–Crippen LogP) is 2.16. The van der Waals surface area contributed by atoms with Crippen LogP contribution < -0.4 is 5.32 Å². The van der Waals surface area contributed by atoms with E-state index < -0.39 is 0 Å². The molecule has 88 valence electrons. The first kappa shape index (κ1) is 10.4. The average molecular weight is 228 g/mol. The van der Waals surface area contributed by atoms with E-state index in [9.17, 15) is 4.79 Å². The number of para-hydroxylation sites is 1. The van der Waals surface area contributed by atoms with Gasteiger partial charge in [-0.2, -0.15) is 0 Å². The summed E-state index contributed by atoms with van der Waals surface area (Å²) >= 11 is 0. The molecule has 3 rings (SSSR count). The van der Waals surface area contributed by atoms with E-state index in [1.165, 1.54) is 22.2 Å². The number of amides is 1. The van der Waals surface area contributed by atoms with Crippen molar-refractivity contribution in [1.82, 2.24) is 10.3 Å². The number of aromatic amines is 1. The van der Waals surface area contributed by atoms with Crippen LogP contribution in [0.2, 0.25) is 0 Å². The van der Waals surface area contributed by atoms with Crippen LogP contribution in [0.5, 0.6) is 0 Å². The van der Waals surface area contributed by atoms with Crippen LogP contribution in [0.1, 0.15) is 24.6 Å². The molecule has 1 aliphatic carbocycles. The van der Waals surface area contributed by atoms with E-state index >= 15 is 0 Å². The third-order valence-corrected chi connectivity index (χ3v) is 3.50. The van der Waals surface area contributed by atoms with Crippen molar-refractivity contribution in [2.24, 2.45) is 0 Å². The third kappa shape index (κ3) is 1.82. The Bertz CT molecular complexity index is 571. The number of aromatic nitrogens is 1. The minimum Gasteiger partial charge on any atom is -0.358 e. The summed E-state index contributed by atoms with van der Waals surface area (Å²) in [5, 5.41) is 4.34. The van der Waals surface area contributed by atoms with Crippen LogP contribution in [-0.2, 0) is 17.6 Å². The SMILES string of the molecule is CC(=O)NC1CCc2c([nH]c3ccccc23)C1. The van der Waals surface area contributed by atoms with Crippen molar-refractivity contribution in [3.05, 3.63) is 35.5 Å². The summed E-state index contributed by atoms with van der Waals surface area (Å²) in [6.45, 7) is 1.58. The number of aryl methyl sites for hydroxylation is 1. The molecule has 1 aromatic heterocycles. The molecule has 2 N–H and O–H groups in total. The van der Waals surface area contributed by atoms with Gasteiger partial charge < -0.3 is 10.3 Å². The summed E-state index contributed by atoms with van der Waals surface area (Å²) in [7, 11) is 0. The highest BCUT2D eigenvalue weighted by Crippen LogP contribution is 2.28. The van der Waals surface area contributed by atoms with Gasteiger partial charge >= 0.3 is 0 Å². The monoisotopic (exact) mass is 228 g/mol. The second kappa shape index (κ2) is 3.91. The van der Waals surface area contributed by atoms with Gasteiger partial charge in [-0.15, -0.1) is 0 Å². The predicted molar refractivity (Wildman–Crippen MR) is 67.9 cm³/mol. The second-order valence-corrected chi connectivity index (χ2v) is 4.77. The van der Waals surface area contributed by atoms with Crippen LogP contribution in [-0.4, -0.2) is 16.9 Å². The molecule has 0 spiro atoms. The minimum atomic E-state index is 0.0644. The lowest BCUT2D eigenvalue weighted by atomic mass is 9.92. The van der Waals surface area contributed by atoms with E-state index in [4.69, 9.17) is 0 Å². The molecule has 1 aliphatic rings. The first-order valence-corrected chi connectivity index (χ1v) is 6.09. The molecule has 1 amide bonds. The highest BCUT2D eigenvalue weighted by Gasteiger charge is 2.22. The van der Waals surface area contributed by atoms with Crippen molar-refractivity contribution in [3.8, 4) is 0 Å². The lowest BCUT2D eigenvalue weighted by molar-refractivity contribution is -0.119. The van der Waals surface area contributed by atoms with E-state index in [1.54, 1.807) is 6.92 Å². The number of fused-ring (bicyclic) bond motifs is 3. The minimum absolute atomic E-state index is 0.0644. The standard InChI is InChI=1S/C14H16N2O/c1-9(17)15-10-6-7-12-11-4-2-3-5-13(11)16-14(12)8-10/h2-5,10,16H,6-8H2,1H3,(H,15,17). The first-order valence-electron chi connectivity index (χ1n) is 6.09. The summed E-state index contributed by atoms with van der Waals surface area (Å²) in [6.07, 6.45) is 3.00. The zero-order chi connectivity index (χ0) is 11.8. The molecule has 0 fully saturated rings. The molecule has 0 saturated carbocycles. The third-order valence-electron chi connectivity index (χ3n) is 3.50. The van der Waals surface area contributed by atoms with Gasteiger partial charge in [0.05, 0.1) is 0 Å². The van der Waals surface area contributed by atoms with Crippen LogP contribution >= 0.6 is 0 Å². The largest absolute Gasteiger partial charge is 0.358 e. The fourth-order valence-corrected chi connectivity index (χ4v) is 2.79. The zero-order valence-electron chi connectivity index (χ0n) is 9.92. The van der Waals surface area contributed by atoms with Crippen molar-refractivity contribution in [2.45, 2.75) is 32.2 Å². The molecule has 0 aliphatic heterocycles. The molecule has 0 bridgehead atoms. The lowest BCUT2D eigenvalue weighted by Crippen LogP contribution is -2.37. The summed E-state index contributed by atoms with van der Waals surface area (Å²) < 4.78 is 0. The van der Waals surface area contributed by atoms with Crippen LogP contribution in [0.15, 0.2) is 24.3 Å². The number of benzene rings is 1. The van der Waals surface area contributed by atoms with Gasteiger partial charge in [-0.3, -0.25) is 4.79 Å². The van der Waals surface area contributed by atoms with E-state index in [2.05, 4.69) is 34.6 Å². The van der Waals surface area contributed by atoms with Gasteiger partial charge in [-0.25, -0.2) is 0 Å². The normalized spacial score (nSPS) is 19.0. The summed E-state index contributed by atoms with van der Waals surface area (Å²) in [5.41, 5.74) is 3.93. The van der Waals surface area contributed by atoms with E-state index in [1.807, 2.05) is 0 Å². The van der Waals surface area contributed by atoms with E-state index in [0.717, 1.165) is 19.3 Å². The van der Waals surface area contributed by atoms with Crippen molar-refractivity contribution in [3.63, 3.8) is 0 Å². The highest BCUT2D eigenvalue weighted by atomic mass is 16.1. The van der Waals surface area contributed by atoms with Crippen LogP contribution in [0.25, 0.3) is 10.9 Å². The van der Waals surface area contributed by atoms with Crippen LogP contribution in [0.3, 0.4) is 0 Å². The maximum Gasteiger partial charge on any atom is 0.217 e. The van der Waals surface area contributed by atoms with Crippen molar-refractivity contribution in [1.29, 1.82) is 0 Å². The number of hydrogen-bond donors (Lipinski definition) is 2. The Balaban J connectivity index is 1.95. The number of carbonyl (C=O) groups excluding carboxylic acids is 1. The van der Waals surface area contributed by atoms with E-state index in [-0.39, 0.29) is 11.9 Å². The lowest BCUT2D eigenvalue weighted by Gasteiger charge is -2.22. The molecule has 1 unspecified atom stereocenters. The van der Waals surface area contributed by atoms with Crippen molar-refractivity contribution in [2.75, 3.05) is 0 Å². The number of hydrogen-bond acceptors (Lipinski definition) is 1. The Morgan fingerprint density at radius 3 is 3.06 bits per heavy atom. The second-order valence-electron chi connectivity index (χ2n) is 4.77. The molecule has 1 heterocycles. The number of nitrogens with one attached hydrogen (secondary N) is 2. The Kier molecular flexibility index (Phi) is 2.39. The highest BCUT2D eigenvalue weighted by molar-refractivity contribution is 5.85. The van der Waals surface area contributed by atoms with Crippen molar-refractivity contribution >= 4 is 16.8 Å². The molecule has 1 aromatic carbocycles. The number of carbonyl (C=O) groups is 1. The number of rotatable bonds is 1. The Morgan fingerprint density at radius 2 is 2.24 bits per heavy atom. The van der Waals surface area contributed by atoms with Crippen LogP contribution in [0.4, 0.5) is 0 Å². The van der Waals surface area contributed by atoms with Gasteiger partial charge in [0.25, 0.3) is 0 Å². The molecule has 3 heteroatoms. The Labute approximate surface area is 100 Å². The molecular formula is C14H16N2O. The summed E-state index contributed by atoms with van der Waals surface area (Å²) in [5.74, 6) is 0.0644. The Morgan fingerprint density at radius 1 is 1.41 bits per heavy atom. The summed E-state index contributed by atoms with van der Waals surface area (Å²) in [6, 6.07) is 8.70. The fraction of sp³-hybridized carbons (Fsp3) is 0.357. The van der Waals surface area contributed by atoms with Crippen molar-refractivity contribution < 1.29 is 4.79 Å². The van der Waals surface area contributed by atoms with Gasteiger partial charge in [0.1, 0.15) is 0 Å². The molecule has 17 heavy (non-hydrogen) atoms. The smallest absolute Gasteiger partial charge is 0.217 e. The average Bonchev–Trinajstić information content (AvgIpc) is 2.65. The molecule has 2 aromatic rings. The van der Waals surface area contributed by atoms with Gasteiger partial charge in [0.2, 0.25) is 5.91 Å². The quantitative estimate of drug-likeness (QED) is 0.772.